The number of carbonyl (C=O) groups excluding carboxylic acids is 2. The first-order valence-electron chi connectivity index (χ1n) is 8.03. The van der Waals surface area contributed by atoms with E-state index in [9.17, 15) is 14.7 Å². The SMILES string of the molecule is C[C@@H](OC(=O)c1cc2ccccc2cc1O)C(=O)Nc1cc(Cl)cc(Cl)c1. The number of phenolic OH excluding ortho intramolecular Hbond substituents is 1. The van der Waals surface area contributed by atoms with Gasteiger partial charge in [0.25, 0.3) is 5.91 Å². The maximum Gasteiger partial charge on any atom is 0.342 e. The Labute approximate surface area is 165 Å². The van der Waals surface area contributed by atoms with E-state index in [0.29, 0.717) is 15.7 Å². The third-order valence-corrected chi connectivity index (χ3v) is 4.30. The number of ether oxygens (including phenoxy) is 1. The second kappa shape index (κ2) is 7.86. The highest BCUT2D eigenvalue weighted by Crippen LogP contribution is 2.26. The van der Waals surface area contributed by atoms with E-state index in [2.05, 4.69) is 5.32 Å². The Balaban J connectivity index is 1.73. The number of hydrogen-bond acceptors (Lipinski definition) is 4. The molecule has 0 radical (unpaired) electrons. The average molecular weight is 404 g/mol. The Bertz CT molecular complexity index is 1020. The van der Waals surface area contributed by atoms with Crippen molar-refractivity contribution in [2.75, 3.05) is 5.32 Å². The van der Waals surface area contributed by atoms with Crippen LogP contribution in [0.3, 0.4) is 0 Å². The number of carbonyl (C=O) groups is 2. The van der Waals surface area contributed by atoms with Gasteiger partial charge >= 0.3 is 5.97 Å². The van der Waals surface area contributed by atoms with Gasteiger partial charge in [0.1, 0.15) is 11.3 Å². The molecule has 0 spiro atoms. The fourth-order valence-electron chi connectivity index (χ4n) is 2.54. The highest BCUT2D eigenvalue weighted by atomic mass is 35.5. The first kappa shape index (κ1) is 19.0. The number of amides is 1. The van der Waals surface area contributed by atoms with E-state index in [-0.39, 0.29) is 11.3 Å². The van der Waals surface area contributed by atoms with Gasteiger partial charge in [-0.05, 0) is 48.0 Å². The van der Waals surface area contributed by atoms with Gasteiger partial charge in [0.05, 0.1) is 0 Å². The van der Waals surface area contributed by atoms with E-state index in [1.807, 2.05) is 24.3 Å². The lowest BCUT2D eigenvalue weighted by Crippen LogP contribution is -2.30. The normalized spacial score (nSPS) is 11.8. The van der Waals surface area contributed by atoms with Gasteiger partial charge in [0.15, 0.2) is 6.10 Å². The Hall–Kier alpha value is -2.76. The first-order valence-corrected chi connectivity index (χ1v) is 8.79. The van der Waals surface area contributed by atoms with Crippen LogP contribution in [0.1, 0.15) is 17.3 Å². The summed E-state index contributed by atoms with van der Waals surface area (Å²) in [7, 11) is 0. The van der Waals surface area contributed by atoms with Crippen molar-refractivity contribution in [2.45, 2.75) is 13.0 Å². The molecule has 138 valence electrons. The molecule has 5 nitrogen and oxygen atoms in total. The Morgan fingerprint density at radius 3 is 2.22 bits per heavy atom. The second-order valence-electron chi connectivity index (χ2n) is 5.91. The molecule has 1 atom stereocenters. The molecule has 0 aromatic heterocycles. The lowest BCUT2D eigenvalue weighted by Gasteiger charge is -2.15. The second-order valence-corrected chi connectivity index (χ2v) is 6.78. The van der Waals surface area contributed by atoms with Gasteiger partial charge in [-0.3, -0.25) is 4.79 Å². The van der Waals surface area contributed by atoms with Crippen LogP contribution < -0.4 is 5.32 Å². The number of esters is 1. The van der Waals surface area contributed by atoms with Crippen molar-refractivity contribution in [3.8, 4) is 5.75 Å². The fourth-order valence-corrected chi connectivity index (χ4v) is 3.07. The average Bonchev–Trinajstić information content (AvgIpc) is 2.60. The van der Waals surface area contributed by atoms with Crippen molar-refractivity contribution >= 4 is 51.5 Å². The number of anilines is 1. The van der Waals surface area contributed by atoms with Gasteiger partial charge in [-0.25, -0.2) is 4.79 Å². The summed E-state index contributed by atoms with van der Waals surface area (Å²) in [6.07, 6.45) is -1.10. The maximum absolute atomic E-state index is 12.4. The van der Waals surface area contributed by atoms with Crippen LogP contribution in [0.2, 0.25) is 10.0 Å². The number of benzene rings is 3. The molecule has 3 rings (SSSR count). The minimum atomic E-state index is -1.10. The molecule has 27 heavy (non-hydrogen) atoms. The van der Waals surface area contributed by atoms with Crippen LogP contribution in [0.25, 0.3) is 10.8 Å². The molecular formula is C20H15Cl2NO4. The van der Waals surface area contributed by atoms with Gasteiger partial charge in [0.2, 0.25) is 0 Å². The number of phenols is 1. The zero-order valence-electron chi connectivity index (χ0n) is 14.2. The number of aromatic hydroxyl groups is 1. The van der Waals surface area contributed by atoms with Crippen LogP contribution in [0.5, 0.6) is 5.75 Å². The van der Waals surface area contributed by atoms with Crippen LogP contribution in [0, 0.1) is 0 Å². The molecule has 0 aliphatic carbocycles. The summed E-state index contributed by atoms with van der Waals surface area (Å²) in [5.41, 5.74) is 0.369. The van der Waals surface area contributed by atoms with Crippen LogP contribution in [-0.2, 0) is 9.53 Å². The van der Waals surface area contributed by atoms with Gasteiger partial charge in [-0.1, -0.05) is 47.5 Å². The van der Waals surface area contributed by atoms with E-state index in [0.717, 1.165) is 10.8 Å². The Kier molecular flexibility index (Phi) is 5.54. The van der Waals surface area contributed by atoms with Gasteiger partial charge in [-0.2, -0.15) is 0 Å². The van der Waals surface area contributed by atoms with Gasteiger partial charge < -0.3 is 15.2 Å². The van der Waals surface area contributed by atoms with Crippen molar-refractivity contribution in [3.05, 3.63) is 70.2 Å². The maximum atomic E-state index is 12.4. The van der Waals surface area contributed by atoms with Gasteiger partial charge in [0, 0.05) is 15.7 Å². The van der Waals surface area contributed by atoms with Crippen LogP contribution in [0.15, 0.2) is 54.6 Å². The molecule has 1 amide bonds. The summed E-state index contributed by atoms with van der Waals surface area (Å²) in [4.78, 5) is 24.6. The third kappa shape index (κ3) is 4.51. The summed E-state index contributed by atoms with van der Waals surface area (Å²) in [6, 6.07) is 14.9. The van der Waals surface area contributed by atoms with E-state index in [1.54, 1.807) is 0 Å². The van der Waals surface area contributed by atoms with Crippen molar-refractivity contribution in [3.63, 3.8) is 0 Å². The first-order chi connectivity index (χ1) is 12.8. The molecule has 0 saturated heterocycles. The number of fused-ring (bicyclic) bond motifs is 1. The van der Waals surface area contributed by atoms with E-state index in [1.165, 1.54) is 37.3 Å². The van der Waals surface area contributed by atoms with Crippen molar-refractivity contribution in [1.29, 1.82) is 0 Å². The third-order valence-electron chi connectivity index (χ3n) is 3.87. The Morgan fingerprint density at radius 2 is 1.59 bits per heavy atom. The predicted octanol–water partition coefficient (Wildman–Crippen LogP) is 5.04. The minimum absolute atomic E-state index is 0.0147. The number of rotatable bonds is 4. The standard InChI is InChI=1S/C20H15Cl2NO4/c1-11(19(25)23-16-9-14(21)8-15(22)10-16)27-20(26)17-6-12-4-2-3-5-13(12)7-18(17)24/h2-11,24H,1H3,(H,23,25)/t11-/m1/s1. The summed E-state index contributed by atoms with van der Waals surface area (Å²) < 4.78 is 5.18. The monoisotopic (exact) mass is 403 g/mol. The van der Waals surface area contributed by atoms with Crippen molar-refractivity contribution in [2.24, 2.45) is 0 Å². The molecule has 0 aliphatic rings. The summed E-state index contributed by atoms with van der Waals surface area (Å²) in [5.74, 6) is -1.57. The molecule has 0 aliphatic heterocycles. The van der Waals surface area contributed by atoms with Crippen molar-refractivity contribution in [1.82, 2.24) is 0 Å². The lowest BCUT2D eigenvalue weighted by molar-refractivity contribution is -0.123. The van der Waals surface area contributed by atoms with Gasteiger partial charge in [-0.15, -0.1) is 0 Å². The molecule has 0 fully saturated rings. The topological polar surface area (TPSA) is 75.6 Å². The molecule has 0 heterocycles. The predicted molar refractivity (Wildman–Crippen MR) is 106 cm³/mol. The zero-order valence-corrected chi connectivity index (χ0v) is 15.7. The van der Waals surface area contributed by atoms with Crippen LogP contribution in [0.4, 0.5) is 5.69 Å². The number of hydrogen-bond donors (Lipinski definition) is 2. The molecular weight excluding hydrogens is 389 g/mol. The number of nitrogens with one attached hydrogen (secondary N) is 1. The highest BCUT2D eigenvalue weighted by molar-refractivity contribution is 6.35. The van der Waals surface area contributed by atoms with Crippen LogP contribution >= 0.6 is 23.2 Å². The summed E-state index contributed by atoms with van der Waals surface area (Å²) in [6.45, 7) is 1.43. The quantitative estimate of drug-likeness (QED) is 0.598. The molecule has 0 unspecified atom stereocenters. The molecule has 3 aromatic rings. The van der Waals surface area contributed by atoms with E-state index in [4.69, 9.17) is 27.9 Å². The van der Waals surface area contributed by atoms with Crippen LogP contribution in [-0.4, -0.2) is 23.1 Å². The lowest BCUT2D eigenvalue weighted by atomic mass is 10.1. The molecule has 7 heteroatoms. The Morgan fingerprint density at radius 1 is 1.00 bits per heavy atom. The highest BCUT2D eigenvalue weighted by Gasteiger charge is 2.21. The van der Waals surface area contributed by atoms with Crippen molar-refractivity contribution < 1.29 is 19.4 Å². The smallest absolute Gasteiger partial charge is 0.342 e. The largest absolute Gasteiger partial charge is 0.507 e. The molecule has 0 saturated carbocycles. The summed E-state index contributed by atoms with van der Waals surface area (Å²) in [5, 5.41) is 15.0. The fraction of sp³-hybridized carbons (Fsp3) is 0.100. The van der Waals surface area contributed by atoms with E-state index >= 15 is 0 Å². The summed E-state index contributed by atoms with van der Waals surface area (Å²) >= 11 is 11.8. The zero-order chi connectivity index (χ0) is 19.6. The molecule has 0 bridgehead atoms. The number of halogens is 2. The van der Waals surface area contributed by atoms with E-state index < -0.39 is 18.0 Å². The molecule has 3 aromatic carbocycles. The minimum Gasteiger partial charge on any atom is -0.507 e. The molecule has 2 N–H and O–H groups in total.